The SMILES string of the molecule is CCCN(CC)CC(=O)c1c(F)cccc1F. The van der Waals surface area contributed by atoms with Crippen molar-refractivity contribution in [3.8, 4) is 0 Å². The summed E-state index contributed by atoms with van der Waals surface area (Å²) in [6.45, 7) is 5.41. The van der Waals surface area contributed by atoms with Crippen LogP contribution in [0.25, 0.3) is 0 Å². The third-order valence-corrected chi connectivity index (χ3v) is 2.60. The number of rotatable bonds is 6. The third-order valence-electron chi connectivity index (χ3n) is 2.60. The van der Waals surface area contributed by atoms with Crippen molar-refractivity contribution in [1.82, 2.24) is 4.90 Å². The Morgan fingerprint density at radius 2 is 1.82 bits per heavy atom. The van der Waals surface area contributed by atoms with Crippen LogP contribution < -0.4 is 0 Å². The van der Waals surface area contributed by atoms with E-state index >= 15 is 0 Å². The molecule has 2 nitrogen and oxygen atoms in total. The van der Waals surface area contributed by atoms with Crippen molar-refractivity contribution in [2.75, 3.05) is 19.6 Å². The molecule has 0 fully saturated rings. The fourth-order valence-corrected chi connectivity index (χ4v) is 1.71. The van der Waals surface area contributed by atoms with Crippen LogP contribution in [0, 0.1) is 11.6 Å². The zero-order chi connectivity index (χ0) is 12.8. The summed E-state index contributed by atoms with van der Waals surface area (Å²) in [6, 6.07) is 3.46. The maximum absolute atomic E-state index is 13.4. The number of carbonyl (C=O) groups excluding carboxylic acids is 1. The quantitative estimate of drug-likeness (QED) is 0.714. The van der Waals surface area contributed by atoms with Crippen LogP contribution in [-0.2, 0) is 0 Å². The first-order chi connectivity index (χ1) is 8.10. The van der Waals surface area contributed by atoms with E-state index in [2.05, 4.69) is 0 Å². The average Bonchev–Trinajstić information content (AvgIpc) is 2.28. The molecule has 0 heterocycles. The van der Waals surface area contributed by atoms with Crippen LogP contribution in [0.15, 0.2) is 18.2 Å². The van der Waals surface area contributed by atoms with Crippen molar-refractivity contribution in [1.29, 1.82) is 0 Å². The molecular formula is C13H17F2NO. The third kappa shape index (κ3) is 3.60. The van der Waals surface area contributed by atoms with Crippen molar-refractivity contribution >= 4 is 5.78 Å². The predicted octanol–water partition coefficient (Wildman–Crippen LogP) is 2.88. The molecule has 0 aromatic heterocycles. The van der Waals surface area contributed by atoms with Crippen LogP contribution in [0.4, 0.5) is 8.78 Å². The normalized spacial score (nSPS) is 10.9. The van der Waals surface area contributed by atoms with E-state index in [1.54, 1.807) is 0 Å². The van der Waals surface area contributed by atoms with Gasteiger partial charge in [-0.05, 0) is 31.6 Å². The molecule has 1 rings (SSSR count). The van der Waals surface area contributed by atoms with Gasteiger partial charge in [0.25, 0.3) is 0 Å². The Kier molecular flexibility index (Phi) is 5.22. The maximum atomic E-state index is 13.4. The summed E-state index contributed by atoms with van der Waals surface area (Å²) in [5.74, 6) is -2.08. The van der Waals surface area contributed by atoms with E-state index in [1.165, 1.54) is 6.07 Å². The first-order valence-electron chi connectivity index (χ1n) is 5.79. The lowest BCUT2D eigenvalue weighted by Gasteiger charge is -2.18. The van der Waals surface area contributed by atoms with Crippen molar-refractivity contribution in [3.63, 3.8) is 0 Å². The molecule has 0 radical (unpaired) electrons. The van der Waals surface area contributed by atoms with Gasteiger partial charge in [0.15, 0.2) is 5.78 Å². The molecule has 0 saturated carbocycles. The maximum Gasteiger partial charge on any atom is 0.182 e. The molecule has 0 unspecified atom stereocenters. The molecule has 0 aliphatic carbocycles. The van der Waals surface area contributed by atoms with E-state index in [1.807, 2.05) is 18.7 Å². The van der Waals surface area contributed by atoms with Gasteiger partial charge in [-0.1, -0.05) is 19.9 Å². The van der Waals surface area contributed by atoms with Gasteiger partial charge in [-0.3, -0.25) is 9.69 Å². The van der Waals surface area contributed by atoms with Crippen molar-refractivity contribution in [2.24, 2.45) is 0 Å². The summed E-state index contributed by atoms with van der Waals surface area (Å²) in [6.07, 6.45) is 0.904. The van der Waals surface area contributed by atoms with Gasteiger partial charge in [0.1, 0.15) is 11.6 Å². The number of ketones is 1. The lowest BCUT2D eigenvalue weighted by molar-refractivity contribution is 0.0925. The van der Waals surface area contributed by atoms with Gasteiger partial charge in [-0.2, -0.15) is 0 Å². The molecule has 17 heavy (non-hydrogen) atoms. The van der Waals surface area contributed by atoms with Crippen LogP contribution in [0.3, 0.4) is 0 Å². The number of nitrogens with zero attached hydrogens (tertiary/aromatic N) is 1. The first kappa shape index (κ1) is 13.8. The fraction of sp³-hybridized carbons (Fsp3) is 0.462. The number of carbonyl (C=O) groups is 1. The van der Waals surface area contributed by atoms with Gasteiger partial charge >= 0.3 is 0 Å². The van der Waals surface area contributed by atoms with Gasteiger partial charge in [-0.25, -0.2) is 8.78 Å². The molecule has 0 amide bonds. The first-order valence-corrected chi connectivity index (χ1v) is 5.79. The van der Waals surface area contributed by atoms with Crippen LogP contribution in [0.1, 0.15) is 30.6 Å². The summed E-state index contributed by atoms with van der Waals surface area (Å²) in [5.41, 5.74) is -0.429. The minimum absolute atomic E-state index is 0.0577. The Balaban J connectivity index is 2.82. The minimum Gasteiger partial charge on any atom is -0.296 e. The van der Waals surface area contributed by atoms with Gasteiger partial charge in [0.05, 0.1) is 12.1 Å². The number of benzene rings is 1. The molecule has 0 aliphatic heterocycles. The molecule has 1 aromatic carbocycles. The van der Waals surface area contributed by atoms with E-state index in [0.29, 0.717) is 6.54 Å². The highest BCUT2D eigenvalue weighted by Crippen LogP contribution is 2.13. The van der Waals surface area contributed by atoms with Crippen LogP contribution in [0.2, 0.25) is 0 Å². The highest BCUT2D eigenvalue weighted by Gasteiger charge is 2.18. The largest absolute Gasteiger partial charge is 0.296 e. The molecular weight excluding hydrogens is 224 g/mol. The lowest BCUT2D eigenvalue weighted by atomic mass is 10.1. The molecule has 0 atom stereocenters. The van der Waals surface area contributed by atoms with E-state index in [9.17, 15) is 13.6 Å². The van der Waals surface area contributed by atoms with Crippen molar-refractivity contribution in [2.45, 2.75) is 20.3 Å². The summed E-state index contributed by atoms with van der Waals surface area (Å²) in [7, 11) is 0. The predicted molar refractivity (Wildman–Crippen MR) is 63.1 cm³/mol. The zero-order valence-corrected chi connectivity index (χ0v) is 10.2. The van der Waals surface area contributed by atoms with Gasteiger partial charge in [0, 0.05) is 0 Å². The van der Waals surface area contributed by atoms with Crippen molar-refractivity contribution in [3.05, 3.63) is 35.4 Å². The Morgan fingerprint density at radius 3 is 2.29 bits per heavy atom. The molecule has 94 valence electrons. The van der Waals surface area contributed by atoms with E-state index in [4.69, 9.17) is 0 Å². The highest BCUT2D eigenvalue weighted by molar-refractivity contribution is 5.98. The van der Waals surface area contributed by atoms with Gasteiger partial charge < -0.3 is 0 Å². The Hall–Kier alpha value is -1.29. The van der Waals surface area contributed by atoms with Crippen LogP contribution in [0.5, 0.6) is 0 Å². The number of halogens is 2. The Morgan fingerprint density at radius 1 is 1.24 bits per heavy atom. The van der Waals surface area contributed by atoms with Gasteiger partial charge in [-0.15, -0.1) is 0 Å². The number of likely N-dealkylation sites (N-methyl/N-ethyl adjacent to an activating group) is 1. The standard InChI is InChI=1S/C13H17F2NO/c1-3-8-16(4-2)9-12(17)13-10(14)6-5-7-11(13)15/h5-7H,3-4,8-9H2,1-2H3. The Bertz CT molecular complexity index is 373. The lowest BCUT2D eigenvalue weighted by Crippen LogP contribution is -2.31. The average molecular weight is 241 g/mol. The molecule has 0 saturated heterocycles. The topological polar surface area (TPSA) is 20.3 Å². The zero-order valence-electron chi connectivity index (χ0n) is 10.2. The highest BCUT2D eigenvalue weighted by atomic mass is 19.1. The summed E-state index contributed by atoms with van der Waals surface area (Å²) < 4.78 is 26.7. The molecule has 4 heteroatoms. The van der Waals surface area contributed by atoms with E-state index in [-0.39, 0.29) is 6.54 Å². The summed E-state index contributed by atoms with van der Waals surface area (Å²) >= 11 is 0. The molecule has 1 aromatic rings. The number of hydrogen-bond donors (Lipinski definition) is 0. The molecule has 0 bridgehead atoms. The van der Waals surface area contributed by atoms with Crippen LogP contribution >= 0.6 is 0 Å². The minimum atomic E-state index is -0.789. The van der Waals surface area contributed by atoms with E-state index in [0.717, 1.165) is 25.1 Å². The fourth-order valence-electron chi connectivity index (χ4n) is 1.71. The molecule has 0 N–H and O–H groups in total. The summed E-state index contributed by atoms with van der Waals surface area (Å²) in [5, 5.41) is 0. The second-order valence-corrected chi connectivity index (χ2v) is 3.89. The van der Waals surface area contributed by atoms with Crippen LogP contribution in [-0.4, -0.2) is 30.3 Å². The molecule has 0 spiro atoms. The van der Waals surface area contributed by atoms with Gasteiger partial charge in [0.2, 0.25) is 0 Å². The monoisotopic (exact) mass is 241 g/mol. The van der Waals surface area contributed by atoms with Crippen molar-refractivity contribution < 1.29 is 13.6 Å². The summed E-state index contributed by atoms with van der Waals surface area (Å²) in [4.78, 5) is 13.7. The number of Topliss-reactive ketones (excluding diaryl/α,β-unsaturated/α-hetero) is 1. The Labute approximate surface area is 100 Å². The number of hydrogen-bond acceptors (Lipinski definition) is 2. The smallest absolute Gasteiger partial charge is 0.182 e. The van der Waals surface area contributed by atoms with E-state index < -0.39 is 23.0 Å². The second kappa shape index (κ2) is 6.45. The second-order valence-electron chi connectivity index (χ2n) is 3.89. The molecule has 0 aliphatic rings.